The van der Waals surface area contributed by atoms with Crippen LogP contribution in [0.4, 0.5) is 10.8 Å². The van der Waals surface area contributed by atoms with Gasteiger partial charge < -0.3 is 10.2 Å². The van der Waals surface area contributed by atoms with Gasteiger partial charge >= 0.3 is 0 Å². The van der Waals surface area contributed by atoms with E-state index in [-0.39, 0.29) is 11.8 Å². The Balaban J connectivity index is 1.25. The van der Waals surface area contributed by atoms with Crippen molar-refractivity contribution in [1.29, 1.82) is 0 Å². The number of aryl methyl sites for hydroxylation is 2. The first-order chi connectivity index (χ1) is 13.0. The predicted molar refractivity (Wildman–Crippen MR) is 113 cm³/mol. The average Bonchev–Trinajstić information content (AvgIpc) is 3.14. The molecule has 136 valence electrons. The van der Waals surface area contributed by atoms with Gasteiger partial charge in [0.25, 0.3) is 0 Å². The van der Waals surface area contributed by atoms with Crippen LogP contribution in [0.25, 0.3) is 20.4 Å². The van der Waals surface area contributed by atoms with E-state index in [1.54, 1.807) is 22.7 Å². The first-order valence-corrected chi connectivity index (χ1v) is 10.5. The van der Waals surface area contributed by atoms with E-state index in [0.29, 0.717) is 13.1 Å². The second-order valence-corrected chi connectivity index (χ2v) is 9.22. The molecule has 1 aliphatic rings. The first-order valence-electron chi connectivity index (χ1n) is 8.85. The van der Waals surface area contributed by atoms with E-state index in [0.717, 1.165) is 31.6 Å². The Morgan fingerprint density at radius 3 is 2.74 bits per heavy atom. The maximum Gasteiger partial charge on any atom is 0.231 e. The van der Waals surface area contributed by atoms with Gasteiger partial charge in [-0.05, 0) is 49.7 Å². The minimum atomic E-state index is -0.00776. The van der Waals surface area contributed by atoms with Gasteiger partial charge in [-0.1, -0.05) is 17.4 Å². The third-order valence-corrected chi connectivity index (χ3v) is 6.85. The van der Waals surface area contributed by atoms with Crippen LogP contribution in [0.3, 0.4) is 0 Å². The van der Waals surface area contributed by atoms with Crippen molar-refractivity contribution in [1.82, 2.24) is 9.97 Å². The molecule has 1 fully saturated rings. The molecular weight excluding hydrogens is 376 g/mol. The fourth-order valence-corrected chi connectivity index (χ4v) is 5.21. The molecule has 5 rings (SSSR count). The van der Waals surface area contributed by atoms with Crippen LogP contribution in [-0.4, -0.2) is 29.0 Å². The molecule has 0 unspecified atom stereocenters. The van der Waals surface area contributed by atoms with Crippen molar-refractivity contribution in [2.45, 2.75) is 13.8 Å². The molecular formula is C20H18N4OS2. The fourth-order valence-electron chi connectivity index (χ4n) is 3.32. The van der Waals surface area contributed by atoms with Crippen molar-refractivity contribution < 1.29 is 4.79 Å². The summed E-state index contributed by atoms with van der Waals surface area (Å²) in [6.07, 6.45) is 0. The third kappa shape index (κ3) is 3.07. The number of rotatable bonds is 3. The lowest BCUT2D eigenvalue weighted by molar-refractivity contribution is -0.120. The van der Waals surface area contributed by atoms with Crippen LogP contribution in [0.5, 0.6) is 0 Å². The highest BCUT2D eigenvalue weighted by molar-refractivity contribution is 7.22. The van der Waals surface area contributed by atoms with Gasteiger partial charge in [-0.3, -0.25) is 4.79 Å². The molecule has 1 amide bonds. The van der Waals surface area contributed by atoms with Crippen LogP contribution in [0.2, 0.25) is 0 Å². The number of anilines is 2. The largest absolute Gasteiger partial charge is 0.346 e. The van der Waals surface area contributed by atoms with E-state index in [4.69, 9.17) is 4.98 Å². The lowest BCUT2D eigenvalue weighted by Gasteiger charge is -2.37. The molecule has 0 atom stereocenters. The topological polar surface area (TPSA) is 58.1 Å². The van der Waals surface area contributed by atoms with Crippen LogP contribution in [0.15, 0.2) is 36.4 Å². The molecule has 27 heavy (non-hydrogen) atoms. The van der Waals surface area contributed by atoms with Gasteiger partial charge in [0.1, 0.15) is 0 Å². The number of amides is 1. The summed E-state index contributed by atoms with van der Waals surface area (Å²) in [7, 11) is 0. The van der Waals surface area contributed by atoms with Crippen molar-refractivity contribution in [2.24, 2.45) is 5.92 Å². The lowest BCUT2D eigenvalue weighted by Crippen LogP contribution is -2.52. The van der Waals surface area contributed by atoms with Crippen molar-refractivity contribution in [3.63, 3.8) is 0 Å². The van der Waals surface area contributed by atoms with Crippen molar-refractivity contribution in [2.75, 3.05) is 23.3 Å². The highest BCUT2D eigenvalue weighted by Crippen LogP contribution is 2.34. The van der Waals surface area contributed by atoms with Gasteiger partial charge in [-0.15, -0.1) is 11.3 Å². The number of benzene rings is 2. The number of carbonyl (C=O) groups excluding carboxylic acids is 1. The number of hydrogen-bond donors (Lipinski definition) is 1. The van der Waals surface area contributed by atoms with Crippen molar-refractivity contribution in [3.8, 4) is 0 Å². The van der Waals surface area contributed by atoms with Crippen LogP contribution >= 0.6 is 22.7 Å². The molecule has 1 N–H and O–H groups in total. The summed E-state index contributed by atoms with van der Waals surface area (Å²) < 4.78 is 2.34. The number of hydrogen-bond acceptors (Lipinski definition) is 6. The van der Waals surface area contributed by atoms with Crippen molar-refractivity contribution in [3.05, 3.63) is 47.0 Å². The van der Waals surface area contributed by atoms with E-state index in [1.807, 2.05) is 25.1 Å². The van der Waals surface area contributed by atoms with Gasteiger partial charge in [0.15, 0.2) is 5.13 Å². The Hall–Kier alpha value is -2.51. The summed E-state index contributed by atoms with van der Waals surface area (Å²) in [6.45, 7) is 5.51. The number of fused-ring (bicyclic) bond motifs is 2. The van der Waals surface area contributed by atoms with Gasteiger partial charge in [-0.25, -0.2) is 9.97 Å². The molecule has 1 saturated heterocycles. The second kappa shape index (κ2) is 6.28. The Morgan fingerprint density at radius 2 is 1.89 bits per heavy atom. The third-order valence-electron chi connectivity index (χ3n) is 4.82. The molecule has 1 aliphatic heterocycles. The summed E-state index contributed by atoms with van der Waals surface area (Å²) in [5.41, 5.74) is 4.02. The molecule has 4 aromatic rings. The van der Waals surface area contributed by atoms with Crippen LogP contribution in [0.1, 0.15) is 10.6 Å². The maximum absolute atomic E-state index is 12.6. The monoisotopic (exact) mass is 394 g/mol. The molecule has 0 bridgehead atoms. The zero-order valence-electron chi connectivity index (χ0n) is 15.0. The van der Waals surface area contributed by atoms with Gasteiger partial charge in [0.05, 0.1) is 31.4 Å². The van der Waals surface area contributed by atoms with Crippen molar-refractivity contribution >= 4 is 59.8 Å². The van der Waals surface area contributed by atoms with E-state index >= 15 is 0 Å². The second-order valence-electron chi connectivity index (χ2n) is 6.97. The van der Waals surface area contributed by atoms with Crippen LogP contribution in [-0.2, 0) is 4.79 Å². The molecule has 3 heterocycles. The summed E-state index contributed by atoms with van der Waals surface area (Å²) in [4.78, 5) is 23.9. The molecule has 0 radical (unpaired) electrons. The Kier molecular flexibility index (Phi) is 3.87. The van der Waals surface area contributed by atoms with E-state index in [1.165, 1.54) is 10.3 Å². The number of nitrogens with one attached hydrogen (secondary N) is 1. The Bertz CT molecular complexity index is 1170. The Labute approximate surface area is 164 Å². The molecule has 0 saturated carbocycles. The molecule has 2 aromatic carbocycles. The quantitative estimate of drug-likeness (QED) is 0.552. The average molecular weight is 395 g/mol. The number of carbonyl (C=O) groups is 1. The fraction of sp³-hybridized carbons (Fsp3) is 0.250. The zero-order chi connectivity index (χ0) is 18.5. The van der Waals surface area contributed by atoms with E-state index < -0.39 is 0 Å². The molecule has 2 aromatic heterocycles. The molecule has 5 nitrogen and oxygen atoms in total. The lowest BCUT2D eigenvalue weighted by atomic mass is 10.00. The first kappa shape index (κ1) is 16.6. The number of aromatic nitrogens is 2. The summed E-state index contributed by atoms with van der Waals surface area (Å²) in [5, 5.41) is 5.07. The minimum Gasteiger partial charge on any atom is -0.346 e. The number of thiazole rings is 2. The van der Waals surface area contributed by atoms with Crippen LogP contribution in [0, 0.1) is 19.8 Å². The molecule has 7 heteroatoms. The van der Waals surface area contributed by atoms with Gasteiger partial charge in [0, 0.05) is 18.8 Å². The minimum absolute atomic E-state index is 0.00776. The van der Waals surface area contributed by atoms with Crippen LogP contribution < -0.4 is 10.2 Å². The standard InChI is InChI=1S/C20H18N4OS2/c1-11-3-5-15-18(7-11)27-20(23-15)24-9-13(10-24)19(25)22-14-4-6-17-16(8-14)21-12(2)26-17/h3-8,13H,9-10H2,1-2H3,(H,22,25). The Morgan fingerprint density at radius 1 is 1.04 bits per heavy atom. The zero-order valence-corrected chi connectivity index (χ0v) is 16.7. The van der Waals surface area contributed by atoms with E-state index in [9.17, 15) is 4.79 Å². The number of nitrogens with zero attached hydrogens (tertiary/aromatic N) is 3. The maximum atomic E-state index is 12.6. The SMILES string of the molecule is Cc1ccc2nc(N3CC(C(=O)Nc4ccc5sc(C)nc5c4)C3)sc2c1. The molecule has 0 spiro atoms. The highest BCUT2D eigenvalue weighted by atomic mass is 32.1. The summed E-state index contributed by atoms with van der Waals surface area (Å²) in [5.74, 6) is 0.0566. The normalized spacial score (nSPS) is 14.7. The smallest absolute Gasteiger partial charge is 0.231 e. The van der Waals surface area contributed by atoms with Gasteiger partial charge in [0.2, 0.25) is 5.91 Å². The highest BCUT2D eigenvalue weighted by Gasteiger charge is 2.34. The van der Waals surface area contributed by atoms with E-state index in [2.05, 4.69) is 40.3 Å². The summed E-state index contributed by atoms with van der Waals surface area (Å²) >= 11 is 3.36. The molecule has 0 aliphatic carbocycles. The predicted octanol–water partition coefficient (Wildman–Crippen LogP) is 4.60. The van der Waals surface area contributed by atoms with Gasteiger partial charge in [-0.2, -0.15) is 0 Å². The summed E-state index contributed by atoms with van der Waals surface area (Å²) in [6, 6.07) is 12.2.